The van der Waals surface area contributed by atoms with Gasteiger partial charge in [-0.05, 0) is 79.8 Å². The number of hydrogen-bond acceptors (Lipinski definition) is 6. The summed E-state index contributed by atoms with van der Waals surface area (Å²) in [7, 11) is 0. The van der Waals surface area contributed by atoms with E-state index in [9.17, 15) is 9.59 Å². The summed E-state index contributed by atoms with van der Waals surface area (Å²) >= 11 is 1.56. The highest BCUT2D eigenvalue weighted by Crippen LogP contribution is 2.33. The van der Waals surface area contributed by atoms with E-state index >= 15 is 0 Å². The Balaban J connectivity index is 1.52. The first kappa shape index (κ1) is 28.1. The van der Waals surface area contributed by atoms with E-state index in [4.69, 9.17) is 9.47 Å². The first-order chi connectivity index (χ1) is 18.1. The summed E-state index contributed by atoms with van der Waals surface area (Å²) in [6.45, 7) is 4.31. The van der Waals surface area contributed by atoms with Gasteiger partial charge in [0, 0.05) is 23.9 Å². The van der Waals surface area contributed by atoms with Crippen LogP contribution in [0.1, 0.15) is 65.2 Å². The summed E-state index contributed by atoms with van der Waals surface area (Å²) in [6, 6.07) is 14.8. The Morgan fingerprint density at radius 2 is 1.22 bits per heavy atom. The molecule has 37 heavy (non-hydrogen) atoms. The fourth-order valence-electron chi connectivity index (χ4n) is 3.58. The van der Waals surface area contributed by atoms with E-state index in [1.807, 2.05) is 42.6 Å². The van der Waals surface area contributed by atoms with Gasteiger partial charge in [-0.15, -0.1) is 11.3 Å². The lowest BCUT2D eigenvalue weighted by molar-refractivity contribution is -0.129. The topological polar surface area (TPSA) is 65.5 Å². The van der Waals surface area contributed by atoms with E-state index in [1.165, 1.54) is 12.2 Å². The summed E-state index contributed by atoms with van der Waals surface area (Å²) in [5.41, 5.74) is 1.94. The number of hydrogen-bond donors (Lipinski definition) is 0. The highest BCUT2D eigenvalue weighted by molar-refractivity contribution is 7.18. The lowest BCUT2D eigenvalue weighted by Crippen LogP contribution is -2.03. The maximum Gasteiger partial charge on any atom is 0.335 e. The second kappa shape index (κ2) is 15.6. The molecule has 1 aromatic heterocycles. The lowest BCUT2D eigenvalue weighted by Gasteiger charge is -2.03. The number of allylic oxidation sites excluding steroid dienone is 2. The smallest absolute Gasteiger partial charge is 0.335 e. The number of unbranched alkanes of at least 4 members (excludes halogenated alkanes) is 6. The molecule has 3 rings (SSSR count). The van der Waals surface area contributed by atoms with Crippen molar-refractivity contribution in [2.24, 2.45) is 0 Å². The molecule has 0 N–H and O–H groups in total. The minimum absolute atomic E-state index is 0.360. The van der Waals surface area contributed by atoms with Crippen molar-refractivity contribution in [2.45, 2.75) is 65.2 Å². The fourth-order valence-corrected chi connectivity index (χ4v) is 4.50. The van der Waals surface area contributed by atoms with E-state index in [-0.39, 0.29) is 11.9 Å². The minimum Gasteiger partial charge on any atom is -0.423 e. The normalized spacial score (nSPS) is 11.3. The van der Waals surface area contributed by atoms with Crippen molar-refractivity contribution in [3.05, 3.63) is 79.0 Å². The molecule has 5 nitrogen and oxygen atoms in total. The van der Waals surface area contributed by atoms with Gasteiger partial charge in [-0.25, -0.2) is 14.6 Å². The average molecular weight is 518 g/mol. The van der Waals surface area contributed by atoms with E-state index in [2.05, 4.69) is 18.8 Å². The van der Waals surface area contributed by atoms with Gasteiger partial charge in [-0.1, -0.05) is 51.7 Å². The van der Waals surface area contributed by atoms with Crippen molar-refractivity contribution in [3.63, 3.8) is 0 Å². The van der Waals surface area contributed by atoms with Crippen LogP contribution in [-0.2, 0) is 9.59 Å². The highest BCUT2D eigenvalue weighted by atomic mass is 32.1. The first-order valence-electron chi connectivity index (χ1n) is 13.0. The van der Waals surface area contributed by atoms with Crippen molar-refractivity contribution in [1.29, 1.82) is 0 Å². The molecule has 0 aliphatic carbocycles. The molecule has 0 radical (unpaired) electrons. The van der Waals surface area contributed by atoms with Crippen LogP contribution < -0.4 is 9.47 Å². The molecule has 0 aliphatic heterocycles. The Labute approximate surface area is 223 Å². The van der Waals surface area contributed by atoms with Crippen LogP contribution in [0.15, 0.2) is 79.0 Å². The van der Waals surface area contributed by atoms with Crippen molar-refractivity contribution >= 4 is 23.3 Å². The van der Waals surface area contributed by atoms with Crippen LogP contribution in [0.25, 0.3) is 21.0 Å². The second-order valence-corrected chi connectivity index (χ2v) is 9.75. The molecule has 0 unspecified atom stereocenters. The Kier molecular flexibility index (Phi) is 11.8. The third kappa shape index (κ3) is 9.81. The second-order valence-electron chi connectivity index (χ2n) is 8.72. The summed E-state index contributed by atoms with van der Waals surface area (Å²) < 4.78 is 10.8. The van der Waals surface area contributed by atoms with Gasteiger partial charge < -0.3 is 9.47 Å². The maximum atomic E-state index is 12.0. The Morgan fingerprint density at radius 3 is 1.70 bits per heavy atom. The Hall–Kier alpha value is -3.51. The average Bonchev–Trinajstić information content (AvgIpc) is 3.40. The number of carbonyl (C=O) groups excluding carboxylic acids is 2. The number of carbonyl (C=O) groups is 2. The Morgan fingerprint density at radius 1 is 0.730 bits per heavy atom. The van der Waals surface area contributed by atoms with Crippen molar-refractivity contribution < 1.29 is 19.1 Å². The molecule has 1 heterocycles. The molecule has 6 heteroatoms. The molecular weight excluding hydrogens is 482 g/mol. The maximum absolute atomic E-state index is 12.0. The van der Waals surface area contributed by atoms with Crippen LogP contribution >= 0.6 is 11.3 Å². The van der Waals surface area contributed by atoms with Crippen LogP contribution in [0.2, 0.25) is 0 Å². The van der Waals surface area contributed by atoms with Crippen LogP contribution in [0, 0.1) is 0 Å². The number of nitrogens with zero attached hydrogens (tertiary/aromatic N) is 1. The number of benzene rings is 2. The van der Waals surface area contributed by atoms with Gasteiger partial charge >= 0.3 is 11.9 Å². The van der Waals surface area contributed by atoms with Crippen LogP contribution in [-0.4, -0.2) is 16.9 Å². The van der Waals surface area contributed by atoms with E-state index in [1.54, 1.807) is 35.6 Å². The van der Waals surface area contributed by atoms with E-state index in [0.29, 0.717) is 11.5 Å². The van der Waals surface area contributed by atoms with Gasteiger partial charge in [0.15, 0.2) is 0 Å². The molecule has 0 saturated heterocycles. The van der Waals surface area contributed by atoms with Gasteiger partial charge in [-0.3, -0.25) is 0 Å². The number of aromatic nitrogens is 1. The van der Waals surface area contributed by atoms with Crippen LogP contribution in [0.3, 0.4) is 0 Å². The molecule has 0 spiro atoms. The largest absolute Gasteiger partial charge is 0.423 e. The molecule has 0 saturated carbocycles. The van der Waals surface area contributed by atoms with Crippen molar-refractivity contribution in [3.8, 4) is 32.5 Å². The van der Waals surface area contributed by atoms with Gasteiger partial charge in [0.05, 0.1) is 4.88 Å². The SMILES string of the molecule is CCCCCC=CC(=O)Oc1ccc(-c2cnc(-c3ccc(OC(=O)C=CCCCCC)cc3)s2)cc1. The van der Waals surface area contributed by atoms with Crippen LogP contribution in [0.4, 0.5) is 0 Å². The summed E-state index contributed by atoms with van der Waals surface area (Å²) in [5.74, 6) is 0.293. The van der Waals surface area contributed by atoms with Crippen LogP contribution in [0.5, 0.6) is 11.5 Å². The number of thiazole rings is 1. The standard InChI is InChI=1S/C31H35NO4S/c1-3-5-7-9-11-13-29(33)35-26-19-15-24(16-20-26)28-23-32-31(37-28)25-17-21-27(22-18-25)36-30(34)14-12-10-8-6-4-2/h11-23H,3-10H2,1-2H3. The molecular formula is C31H35NO4S. The van der Waals surface area contributed by atoms with Gasteiger partial charge in [0.1, 0.15) is 16.5 Å². The van der Waals surface area contributed by atoms with E-state index < -0.39 is 0 Å². The zero-order valence-corrected chi connectivity index (χ0v) is 22.5. The predicted molar refractivity (Wildman–Crippen MR) is 151 cm³/mol. The zero-order valence-electron chi connectivity index (χ0n) is 21.7. The minimum atomic E-state index is -0.363. The zero-order chi connectivity index (χ0) is 26.3. The summed E-state index contributed by atoms with van der Waals surface area (Å²) in [5, 5.41) is 0.868. The third-order valence-electron chi connectivity index (χ3n) is 5.64. The lowest BCUT2D eigenvalue weighted by atomic mass is 10.2. The molecule has 3 aromatic rings. The highest BCUT2D eigenvalue weighted by Gasteiger charge is 2.09. The molecule has 194 valence electrons. The number of rotatable bonds is 14. The molecule has 0 bridgehead atoms. The van der Waals surface area contributed by atoms with E-state index in [0.717, 1.165) is 72.4 Å². The summed E-state index contributed by atoms with van der Waals surface area (Å²) in [4.78, 5) is 29.5. The quantitative estimate of drug-likeness (QED) is 0.0927. The molecule has 0 fully saturated rings. The first-order valence-corrected chi connectivity index (χ1v) is 13.8. The summed E-state index contributed by atoms with van der Waals surface area (Å²) in [6.07, 6.45) is 17.1. The monoisotopic (exact) mass is 517 g/mol. The third-order valence-corrected chi connectivity index (χ3v) is 6.73. The molecule has 0 atom stereocenters. The van der Waals surface area contributed by atoms with Gasteiger partial charge in [0.25, 0.3) is 0 Å². The molecule has 2 aromatic carbocycles. The van der Waals surface area contributed by atoms with Crippen molar-refractivity contribution in [2.75, 3.05) is 0 Å². The van der Waals surface area contributed by atoms with Gasteiger partial charge in [-0.2, -0.15) is 0 Å². The number of esters is 2. The number of ether oxygens (including phenoxy) is 2. The fraction of sp³-hybridized carbons (Fsp3) is 0.323. The van der Waals surface area contributed by atoms with Gasteiger partial charge in [0.2, 0.25) is 0 Å². The predicted octanol–water partition coefficient (Wildman–Crippen LogP) is 8.56. The Bertz CT molecular complexity index is 1080. The van der Waals surface area contributed by atoms with Crippen molar-refractivity contribution in [1.82, 2.24) is 4.98 Å². The molecule has 0 aliphatic rings. The molecule has 0 amide bonds.